The summed E-state index contributed by atoms with van der Waals surface area (Å²) in [6, 6.07) is 0.759. The van der Waals surface area contributed by atoms with E-state index in [0.29, 0.717) is 12.6 Å². The predicted molar refractivity (Wildman–Crippen MR) is 52.6 cm³/mol. The number of hydrogen-bond donors (Lipinski definition) is 2. The van der Waals surface area contributed by atoms with Crippen LogP contribution in [0.5, 0.6) is 0 Å². The van der Waals surface area contributed by atoms with Gasteiger partial charge in [0.25, 0.3) is 0 Å². The molecule has 2 N–H and O–H groups in total. The Morgan fingerprint density at radius 1 is 1.38 bits per heavy atom. The molecule has 0 amide bonds. The topological polar surface area (TPSA) is 43.7 Å². The maximum atomic E-state index is 9.46. The molecular weight excluding hydrogens is 166 g/mol. The normalized spacial score (nSPS) is 22.8. The van der Waals surface area contributed by atoms with Crippen LogP contribution >= 0.6 is 0 Å². The monoisotopic (exact) mass is 187 g/mol. The molecule has 0 aliphatic heterocycles. The Morgan fingerprint density at radius 3 is 2.31 bits per heavy atom. The first-order valence-electron chi connectivity index (χ1n) is 5.21. The second-order valence-electron chi connectivity index (χ2n) is 4.03. The molecule has 2 atom stereocenters. The molecule has 0 aromatic heterocycles. The van der Waals surface area contributed by atoms with Crippen molar-refractivity contribution in [2.24, 2.45) is 0 Å². The summed E-state index contributed by atoms with van der Waals surface area (Å²) >= 11 is 0. The zero-order valence-electron chi connectivity index (χ0n) is 8.61. The lowest BCUT2D eigenvalue weighted by molar-refractivity contribution is 0.00769. The van der Waals surface area contributed by atoms with Crippen LogP contribution in [0.15, 0.2) is 0 Å². The zero-order valence-corrected chi connectivity index (χ0v) is 8.61. The van der Waals surface area contributed by atoms with Crippen LogP contribution in [0.25, 0.3) is 0 Å². The van der Waals surface area contributed by atoms with E-state index in [1.165, 1.54) is 19.3 Å². The number of aliphatic hydroxyl groups excluding tert-OH is 2. The molecule has 1 fully saturated rings. The van der Waals surface area contributed by atoms with Gasteiger partial charge in [-0.15, -0.1) is 0 Å². The van der Waals surface area contributed by atoms with Gasteiger partial charge in [0.15, 0.2) is 0 Å². The lowest BCUT2D eigenvalue weighted by Gasteiger charge is -2.42. The van der Waals surface area contributed by atoms with Crippen molar-refractivity contribution in [3.63, 3.8) is 0 Å². The first kappa shape index (κ1) is 11.0. The molecule has 3 heteroatoms. The van der Waals surface area contributed by atoms with Crippen LogP contribution in [-0.2, 0) is 0 Å². The van der Waals surface area contributed by atoms with Gasteiger partial charge in [-0.1, -0.05) is 6.42 Å². The van der Waals surface area contributed by atoms with Crippen molar-refractivity contribution in [2.75, 3.05) is 13.2 Å². The van der Waals surface area contributed by atoms with Gasteiger partial charge in [0, 0.05) is 18.6 Å². The van der Waals surface area contributed by atoms with Gasteiger partial charge < -0.3 is 10.2 Å². The third-order valence-corrected chi connectivity index (χ3v) is 3.12. The van der Waals surface area contributed by atoms with Gasteiger partial charge in [-0.05, 0) is 26.7 Å². The number of rotatable bonds is 5. The fraction of sp³-hybridized carbons (Fsp3) is 1.00. The van der Waals surface area contributed by atoms with Crippen molar-refractivity contribution in [1.29, 1.82) is 0 Å². The molecule has 0 spiro atoms. The fourth-order valence-corrected chi connectivity index (χ4v) is 1.83. The molecule has 78 valence electrons. The Kier molecular flexibility index (Phi) is 4.16. The van der Waals surface area contributed by atoms with Gasteiger partial charge in [-0.3, -0.25) is 4.90 Å². The maximum absolute atomic E-state index is 9.46. The summed E-state index contributed by atoms with van der Waals surface area (Å²) in [5, 5.41) is 18.4. The third kappa shape index (κ3) is 2.66. The number of nitrogens with zero attached hydrogens (tertiary/aromatic N) is 1. The molecule has 13 heavy (non-hydrogen) atoms. The highest BCUT2D eigenvalue weighted by molar-refractivity contribution is 4.84. The van der Waals surface area contributed by atoms with Gasteiger partial charge in [-0.25, -0.2) is 0 Å². The van der Waals surface area contributed by atoms with E-state index in [4.69, 9.17) is 5.11 Å². The Bertz CT molecular complexity index is 146. The molecule has 1 aliphatic rings. The van der Waals surface area contributed by atoms with E-state index in [0.717, 1.165) is 0 Å². The molecule has 1 aliphatic carbocycles. The van der Waals surface area contributed by atoms with E-state index in [2.05, 4.69) is 4.90 Å². The summed E-state index contributed by atoms with van der Waals surface area (Å²) in [4.78, 5) is 2.23. The molecule has 0 saturated heterocycles. The van der Waals surface area contributed by atoms with E-state index in [-0.39, 0.29) is 18.8 Å². The van der Waals surface area contributed by atoms with Crippen molar-refractivity contribution >= 4 is 0 Å². The van der Waals surface area contributed by atoms with E-state index >= 15 is 0 Å². The number of aliphatic hydroxyl groups is 2. The summed E-state index contributed by atoms with van der Waals surface area (Å²) in [7, 11) is 0. The van der Waals surface area contributed by atoms with E-state index < -0.39 is 0 Å². The Balaban J connectivity index is 2.44. The van der Waals surface area contributed by atoms with E-state index in [1.807, 2.05) is 13.8 Å². The third-order valence-electron chi connectivity index (χ3n) is 3.12. The Hall–Kier alpha value is -0.120. The summed E-state index contributed by atoms with van der Waals surface area (Å²) < 4.78 is 0. The summed E-state index contributed by atoms with van der Waals surface area (Å²) in [5.74, 6) is 0. The second kappa shape index (κ2) is 4.94. The van der Waals surface area contributed by atoms with Gasteiger partial charge in [-0.2, -0.15) is 0 Å². The van der Waals surface area contributed by atoms with E-state index in [1.54, 1.807) is 0 Å². The Labute approximate surface area is 80.4 Å². The van der Waals surface area contributed by atoms with Gasteiger partial charge in [0.1, 0.15) is 0 Å². The minimum atomic E-state index is -0.313. The fourth-order valence-electron chi connectivity index (χ4n) is 1.83. The van der Waals surface area contributed by atoms with Crippen molar-refractivity contribution < 1.29 is 10.2 Å². The van der Waals surface area contributed by atoms with Gasteiger partial charge in [0.2, 0.25) is 0 Å². The van der Waals surface area contributed by atoms with Crippen LogP contribution in [0.3, 0.4) is 0 Å². The largest absolute Gasteiger partial charge is 0.395 e. The average Bonchev–Trinajstić information content (AvgIpc) is 1.99. The standard InChI is InChI=1S/C10H21NO2/c1-8(9(2)13)11(6-7-12)10-4-3-5-10/h8-10,12-13H,3-7H2,1-2H3. The highest BCUT2D eigenvalue weighted by atomic mass is 16.3. The molecular formula is C10H21NO2. The Morgan fingerprint density at radius 2 is 2.00 bits per heavy atom. The van der Waals surface area contributed by atoms with E-state index in [9.17, 15) is 5.11 Å². The van der Waals surface area contributed by atoms with Crippen molar-refractivity contribution in [3.8, 4) is 0 Å². The van der Waals surface area contributed by atoms with Crippen LogP contribution in [0.1, 0.15) is 33.1 Å². The van der Waals surface area contributed by atoms with Crippen molar-refractivity contribution in [3.05, 3.63) is 0 Å². The summed E-state index contributed by atoms with van der Waals surface area (Å²) in [6.07, 6.45) is 3.42. The van der Waals surface area contributed by atoms with Crippen LogP contribution < -0.4 is 0 Å². The highest BCUT2D eigenvalue weighted by Gasteiger charge is 2.29. The van der Waals surface area contributed by atoms with Crippen molar-refractivity contribution in [1.82, 2.24) is 4.90 Å². The summed E-state index contributed by atoms with van der Waals surface area (Å²) in [5.41, 5.74) is 0. The van der Waals surface area contributed by atoms with Crippen LogP contribution in [-0.4, -0.2) is 46.5 Å². The van der Waals surface area contributed by atoms with Gasteiger partial charge in [0.05, 0.1) is 12.7 Å². The predicted octanol–water partition coefficient (Wildman–Crippen LogP) is 0.602. The zero-order chi connectivity index (χ0) is 9.84. The van der Waals surface area contributed by atoms with Crippen LogP contribution in [0.4, 0.5) is 0 Å². The molecule has 3 nitrogen and oxygen atoms in total. The quantitative estimate of drug-likeness (QED) is 0.662. The minimum Gasteiger partial charge on any atom is -0.395 e. The minimum absolute atomic E-state index is 0.164. The molecule has 2 unspecified atom stereocenters. The SMILES string of the molecule is CC(O)C(C)N(CCO)C1CCC1. The lowest BCUT2D eigenvalue weighted by Crippen LogP contribution is -2.50. The molecule has 0 aromatic carbocycles. The average molecular weight is 187 g/mol. The molecule has 0 aromatic rings. The van der Waals surface area contributed by atoms with Gasteiger partial charge >= 0.3 is 0 Å². The molecule has 1 rings (SSSR count). The highest BCUT2D eigenvalue weighted by Crippen LogP contribution is 2.26. The molecule has 1 saturated carbocycles. The smallest absolute Gasteiger partial charge is 0.0664 e. The molecule has 0 bridgehead atoms. The summed E-state index contributed by atoms with van der Waals surface area (Å²) in [6.45, 7) is 4.72. The first-order valence-corrected chi connectivity index (χ1v) is 5.21. The van der Waals surface area contributed by atoms with Crippen LogP contribution in [0.2, 0.25) is 0 Å². The molecule has 0 radical (unpaired) electrons. The maximum Gasteiger partial charge on any atom is 0.0664 e. The molecule has 0 heterocycles. The lowest BCUT2D eigenvalue weighted by atomic mass is 9.90. The first-order chi connectivity index (χ1) is 6.16. The number of hydrogen-bond acceptors (Lipinski definition) is 3. The van der Waals surface area contributed by atoms with Crippen molar-refractivity contribution in [2.45, 2.75) is 51.3 Å². The second-order valence-corrected chi connectivity index (χ2v) is 4.03. The van der Waals surface area contributed by atoms with Crippen LogP contribution in [0, 0.1) is 0 Å².